The highest BCUT2D eigenvalue weighted by Gasteiger charge is 2.38. The van der Waals surface area contributed by atoms with E-state index in [0.717, 1.165) is 16.7 Å². The third kappa shape index (κ3) is 10.7. The largest absolute Gasteiger partial charge is 0.458 e. The first-order valence-electron chi connectivity index (χ1n) is 15.2. The van der Waals surface area contributed by atoms with E-state index >= 15 is 0 Å². The fourth-order valence-corrected chi connectivity index (χ4v) is 4.73. The molecule has 0 heterocycles. The van der Waals surface area contributed by atoms with Crippen LogP contribution in [-0.4, -0.2) is 59.1 Å². The van der Waals surface area contributed by atoms with Gasteiger partial charge in [0.1, 0.15) is 29.3 Å². The second kappa shape index (κ2) is 15.2. The van der Waals surface area contributed by atoms with Gasteiger partial charge in [0.05, 0.1) is 0 Å². The molecule has 0 bridgehead atoms. The number of rotatable bonds is 11. The number of hydrogen-bond acceptors (Lipinski definition) is 6. The minimum Gasteiger partial charge on any atom is -0.458 e. The maximum Gasteiger partial charge on any atom is 0.408 e. The molecule has 0 fully saturated rings. The lowest BCUT2D eigenvalue weighted by Gasteiger charge is -2.35. The number of nitrogens with zero attached hydrogens (tertiary/aromatic N) is 1. The highest BCUT2D eigenvalue weighted by atomic mass is 16.6. The second-order valence-corrected chi connectivity index (χ2v) is 13.4. The van der Waals surface area contributed by atoms with Crippen LogP contribution in [0.2, 0.25) is 0 Å². The van der Waals surface area contributed by atoms with Gasteiger partial charge in [-0.15, -0.1) is 0 Å². The van der Waals surface area contributed by atoms with Crippen LogP contribution in [0.1, 0.15) is 90.1 Å². The van der Waals surface area contributed by atoms with Crippen LogP contribution in [0.25, 0.3) is 0 Å². The molecule has 0 aliphatic heterocycles. The molecule has 0 saturated carbocycles. The van der Waals surface area contributed by atoms with Gasteiger partial charge in [0.2, 0.25) is 11.8 Å². The van der Waals surface area contributed by atoms with E-state index in [0.29, 0.717) is 12.0 Å². The minimum atomic E-state index is -1.10. The van der Waals surface area contributed by atoms with Crippen LogP contribution < -0.4 is 10.6 Å². The normalized spacial score (nSPS) is 14.4. The topological polar surface area (TPSA) is 114 Å². The quantitative estimate of drug-likeness (QED) is 0.311. The molecule has 4 unspecified atom stereocenters. The molecule has 4 atom stereocenters. The van der Waals surface area contributed by atoms with Crippen LogP contribution in [0, 0.1) is 19.8 Å². The summed E-state index contributed by atoms with van der Waals surface area (Å²) in [6.45, 7) is 18.1. The van der Waals surface area contributed by atoms with Gasteiger partial charge in [-0.2, -0.15) is 0 Å². The molecule has 242 valence electrons. The van der Waals surface area contributed by atoms with E-state index in [1.807, 2.05) is 70.2 Å². The molecule has 0 aromatic heterocycles. The van der Waals surface area contributed by atoms with Crippen molar-refractivity contribution in [3.63, 3.8) is 0 Å². The van der Waals surface area contributed by atoms with Gasteiger partial charge in [0.25, 0.3) is 0 Å². The van der Waals surface area contributed by atoms with Crippen molar-refractivity contribution in [2.45, 2.75) is 111 Å². The summed E-state index contributed by atoms with van der Waals surface area (Å²) in [5.41, 5.74) is 1.71. The lowest BCUT2D eigenvalue weighted by Crippen LogP contribution is -2.55. The summed E-state index contributed by atoms with van der Waals surface area (Å²) in [6, 6.07) is 11.9. The van der Waals surface area contributed by atoms with Crippen molar-refractivity contribution >= 4 is 23.9 Å². The van der Waals surface area contributed by atoms with Crippen molar-refractivity contribution in [3.05, 3.63) is 70.8 Å². The van der Waals surface area contributed by atoms with Gasteiger partial charge in [0.15, 0.2) is 0 Å². The second-order valence-electron chi connectivity index (χ2n) is 13.4. The van der Waals surface area contributed by atoms with Crippen LogP contribution in [-0.2, 0) is 30.3 Å². The van der Waals surface area contributed by atoms with Gasteiger partial charge in [-0.25, -0.2) is 9.59 Å². The van der Waals surface area contributed by atoms with E-state index in [9.17, 15) is 19.2 Å². The predicted octanol–water partition coefficient (Wildman–Crippen LogP) is 5.81. The van der Waals surface area contributed by atoms with Crippen molar-refractivity contribution in [2.75, 3.05) is 7.05 Å². The fraction of sp³-hybridized carbons (Fsp3) is 0.543. The highest BCUT2D eigenvalue weighted by molar-refractivity contribution is 5.94. The lowest BCUT2D eigenvalue weighted by molar-refractivity contribution is -0.159. The first kappa shape index (κ1) is 36.3. The molecule has 0 aliphatic rings. The number of nitrogens with one attached hydrogen (secondary N) is 2. The van der Waals surface area contributed by atoms with Crippen LogP contribution in [0.15, 0.2) is 48.5 Å². The third-order valence-electron chi connectivity index (χ3n) is 7.37. The smallest absolute Gasteiger partial charge is 0.408 e. The third-order valence-corrected chi connectivity index (χ3v) is 7.37. The molecule has 0 spiro atoms. The van der Waals surface area contributed by atoms with Crippen molar-refractivity contribution < 1.29 is 28.7 Å². The summed E-state index contributed by atoms with van der Waals surface area (Å²) < 4.78 is 11.1. The number of likely N-dealkylation sites (N-methyl/N-ethyl adjacent to an activating group) is 1. The van der Waals surface area contributed by atoms with Crippen molar-refractivity contribution in [3.8, 4) is 0 Å². The summed E-state index contributed by atoms with van der Waals surface area (Å²) in [6.07, 6.45) is 0.0807. The molecule has 0 saturated heterocycles. The van der Waals surface area contributed by atoms with Crippen LogP contribution in [0.5, 0.6) is 0 Å². The van der Waals surface area contributed by atoms with Crippen LogP contribution in [0.4, 0.5) is 4.79 Å². The molecule has 2 aromatic carbocycles. The van der Waals surface area contributed by atoms with E-state index in [1.165, 1.54) is 4.90 Å². The maximum absolute atomic E-state index is 14.3. The number of aryl methyl sites for hydroxylation is 1. The first-order chi connectivity index (χ1) is 20.3. The van der Waals surface area contributed by atoms with E-state index in [-0.39, 0.29) is 12.3 Å². The van der Waals surface area contributed by atoms with Gasteiger partial charge in [0, 0.05) is 13.5 Å². The summed E-state index contributed by atoms with van der Waals surface area (Å²) >= 11 is 0. The molecular formula is C35H51N3O6. The summed E-state index contributed by atoms with van der Waals surface area (Å²) in [4.78, 5) is 55.9. The SMILES string of the molecule is CCC(C)C(NC(=O)OC(C)(C)C)C(=O)N(C)C(C(=O)NC(Cc1ccccc1)C(=O)OC(C)(C)C)c1cccc(C)c1C. The summed E-state index contributed by atoms with van der Waals surface area (Å²) in [7, 11) is 1.54. The monoisotopic (exact) mass is 609 g/mol. The zero-order valence-corrected chi connectivity index (χ0v) is 28.2. The van der Waals surface area contributed by atoms with E-state index in [2.05, 4.69) is 10.6 Å². The molecule has 44 heavy (non-hydrogen) atoms. The Morgan fingerprint density at radius 1 is 0.841 bits per heavy atom. The van der Waals surface area contributed by atoms with Gasteiger partial charge >= 0.3 is 12.1 Å². The van der Waals surface area contributed by atoms with E-state index in [4.69, 9.17) is 9.47 Å². The Labute approximate surface area is 263 Å². The molecular weight excluding hydrogens is 558 g/mol. The average Bonchev–Trinajstić information content (AvgIpc) is 2.91. The Kier molecular flexibility index (Phi) is 12.6. The number of esters is 1. The maximum atomic E-state index is 14.3. The van der Waals surface area contributed by atoms with Gasteiger partial charge < -0.3 is 25.0 Å². The molecule has 3 amide bonds. The fourth-order valence-electron chi connectivity index (χ4n) is 4.73. The Hall–Kier alpha value is -3.88. The molecule has 0 radical (unpaired) electrons. The molecule has 9 nitrogen and oxygen atoms in total. The Morgan fingerprint density at radius 2 is 1.43 bits per heavy atom. The standard InChI is InChI=1S/C35H51N3O6/c1-12-22(2)28(37-33(42)44-35(8,9)10)31(40)38(11)29(26-20-16-17-23(3)24(26)4)30(39)36-27(32(41)43-34(5,6)7)21-25-18-14-13-15-19-25/h13-20,22,27-29H,12,21H2,1-11H3,(H,36,39)(H,37,42). The predicted molar refractivity (Wildman–Crippen MR) is 172 cm³/mol. The van der Waals surface area contributed by atoms with Gasteiger partial charge in [-0.3, -0.25) is 9.59 Å². The van der Waals surface area contributed by atoms with Crippen molar-refractivity contribution in [1.82, 2.24) is 15.5 Å². The van der Waals surface area contributed by atoms with Crippen molar-refractivity contribution in [1.29, 1.82) is 0 Å². The van der Waals surface area contributed by atoms with Crippen LogP contribution >= 0.6 is 0 Å². The van der Waals surface area contributed by atoms with Crippen molar-refractivity contribution in [2.24, 2.45) is 5.92 Å². The molecule has 2 N–H and O–H groups in total. The van der Waals surface area contributed by atoms with E-state index in [1.54, 1.807) is 54.7 Å². The summed E-state index contributed by atoms with van der Waals surface area (Å²) in [5.74, 6) is -1.83. The number of amides is 3. The van der Waals surface area contributed by atoms with E-state index < -0.39 is 53.2 Å². The molecule has 0 aliphatic carbocycles. The lowest BCUT2D eigenvalue weighted by atomic mass is 9.93. The molecule has 9 heteroatoms. The molecule has 2 aromatic rings. The Bertz CT molecular complexity index is 1300. The van der Waals surface area contributed by atoms with Gasteiger partial charge in [-0.05, 0) is 83.6 Å². The molecule has 2 rings (SSSR count). The first-order valence-corrected chi connectivity index (χ1v) is 15.2. The number of hydrogen-bond donors (Lipinski definition) is 2. The van der Waals surface area contributed by atoms with Crippen LogP contribution in [0.3, 0.4) is 0 Å². The highest BCUT2D eigenvalue weighted by Crippen LogP contribution is 2.28. The number of carbonyl (C=O) groups excluding carboxylic acids is 4. The number of alkyl carbamates (subject to hydrolysis) is 1. The number of benzene rings is 2. The van der Waals surface area contributed by atoms with Gasteiger partial charge in [-0.1, -0.05) is 68.8 Å². The number of ether oxygens (including phenoxy) is 2. The average molecular weight is 610 g/mol. The zero-order valence-electron chi connectivity index (χ0n) is 28.2. The Balaban J connectivity index is 2.54. The zero-order chi connectivity index (χ0) is 33.4. The summed E-state index contributed by atoms with van der Waals surface area (Å²) in [5, 5.41) is 5.64. The number of carbonyl (C=O) groups is 4. The minimum absolute atomic E-state index is 0.203. The Morgan fingerprint density at radius 3 is 1.98 bits per heavy atom.